The molecule has 1 aromatic heterocycles. The molecule has 3 nitrogen and oxygen atoms in total. The first-order valence-corrected chi connectivity index (χ1v) is 5.54. The highest BCUT2D eigenvalue weighted by Crippen LogP contribution is 2.13. The van der Waals surface area contributed by atoms with Gasteiger partial charge >= 0.3 is 0 Å². The van der Waals surface area contributed by atoms with Crippen molar-refractivity contribution in [2.24, 2.45) is 0 Å². The SMILES string of the molecule is CN(Cc1ccccn1)CC1CCCO1. The Morgan fingerprint density at radius 3 is 3.13 bits per heavy atom. The lowest BCUT2D eigenvalue weighted by Gasteiger charge is -2.19. The van der Waals surface area contributed by atoms with E-state index in [-0.39, 0.29) is 0 Å². The second-order valence-corrected chi connectivity index (χ2v) is 4.15. The summed E-state index contributed by atoms with van der Waals surface area (Å²) >= 11 is 0. The van der Waals surface area contributed by atoms with Gasteiger partial charge in [-0.05, 0) is 32.0 Å². The number of ether oxygens (including phenoxy) is 1. The van der Waals surface area contributed by atoms with Gasteiger partial charge in [0.15, 0.2) is 0 Å². The van der Waals surface area contributed by atoms with Gasteiger partial charge in [0.25, 0.3) is 0 Å². The second-order valence-electron chi connectivity index (χ2n) is 4.15. The minimum absolute atomic E-state index is 0.429. The number of rotatable bonds is 4. The molecule has 0 amide bonds. The molecule has 1 unspecified atom stereocenters. The summed E-state index contributed by atoms with van der Waals surface area (Å²) in [7, 11) is 2.12. The van der Waals surface area contributed by atoms with Crippen molar-refractivity contribution in [2.75, 3.05) is 20.2 Å². The molecule has 1 aromatic rings. The lowest BCUT2D eigenvalue weighted by Crippen LogP contribution is -2.28. The van der Waals surface area contributed by atoms with Crippen LogP contribution in [0.3, 0.4) is 0 Å². The first-order valence-electron chi connectivity index (χ1n) is 5.54. The Balaban J connectivity index is 1.79. The minimum Gasteiger partial charge on any atom is -0.377 e. The third-order valence-corrected chi connectivity index (χ3v) is 2.70. The van der Waals surface area contributed by atoms with Gasteiger partial charge in [-0.3, -0.25) is 9.88 Å². The molecule has 1 atom stereocenters. The number of nitrogens with zero attached hydrogens (tertiary/aromatic N) is 2. The van der Waals surface area contributed by atoms with Crippen LogP contribution in [0.1, 0.15) is 18.5 Å². The van der Waals surface area contributed by atoms with E-state index in [2.05, 4.69) is 23.0 Å². The molecule has 0 aliphatic carbocycles. The van der Waals surface area contributed by atoms with Gasteiger partial charge in [-0.1, -0.05) is 6.07 Å². The number of pyridine rings is 1. The molecule has 1 saturated heterocycles. The summed E-state index contributed by atoms with van der Waals surface area (Å²) in [5, 5.41) is 0. The molecule has 0 radical (unpaired) electrons. The van der Waals surface area contributed by atoms with Crippen LogP contribution in [0.25, 0.3) is 0 Å². The van der Waals surface area contributed by atoms with E-state index in [4.69, 9.17) is 4.74 Å². The molecule has 0 bridgehead atoms. The smallest absolute Gasteiger partial charge is 0.0702 e. The third kappa shape index (κ3) is 3.29. The van der Waals surface area contributed by atoms with Crippen LogP contribution < -0.4 is 0 Å². The zero-order chi connectivity index (χ0) is 10.5. The molecule has 82 valence electrons. The Labute approximate surface area is 91.1 Å². The highest BCUT2D eigenvalue weighted by Gasteiger charge is 2.17. The first-order chi connectivity index (χ1) is 7.34. The van der Waals surface area contributed by atoms with Crippen molar-refractivity contribution >= 4 is 0 Å². The van der Waals surface area contributed by atoms with Crippen LogP contribution in [0.15, 0.2) is 24.4 Å². The molecule has 2 rings (SSSR count). The number of hydrogen-bond acceptors (Lipinski definition) is 3. The average molecular weight is 206 g/mol. The van der Waals surface area contributed by atoms with E-state index in [0.29, 0.717) is 6.10 Å². The highest BCUT2D eigenvalue weighted by molar-refractivity contribution is 5.03. The van der Waals surface area contributed by atoms with Crippen molar-refractivity contribution < 1.29 is 4.74 Å². The predicted molar refractivity (Wildman–Crippen MR) is 59.5 cm³/mol. The Morgan fingerprint density at radius 1 is 1.53 bits per heavy atom. The van der Waals surface area contributed by atoms with E-state index in [1.54, 1.807) is 0 Å². The van der Waals surface area contributed by atoms with E-state index < -0.39 is 0 Å². The average Bonchev–Trinajstić information content (AvgIpc) is 2.71. The Bertz CT molecular complexity index is 283. The van der Waals surface area contributed by atoms with Crippen LogP contribution >= 0.6 is 0 Å². The van der Waals surface area contributed by atoms with Gasteiger partial charge < -0.3 is 4.74 Å². The normalized spacial score (nSPS) is 21.1. The Morgan fingerprint density at radius 2 is 2.47 bits per heavy atom. The predicted octanol–water partition coefficient (Wildman–Crippen LogP) is 1.69. The van der Waals surface area contributed by atoms with Gasteiger partial charge in [-0.15, -0.1) is 0 Å². The highest BCUT2D eigenvalue weighted by atomic mass is 16.5. The van der Waals surface area contributed by atoms with Crippen molar-refractivity contribution in [1.29, 1.82) is 0 Å². The lowest BCUT2D eigenvalue weighted by molar-refractivity contribution is 0.0790. The third-order valence-electron chi connectivity index (χ3n) is 2.70. The summed E-state index contributed by atoms with van der Waals surface area (Å²) in [5.74, 6) is 0. The van der Waals surface area contributed by atoms with Gasteiger partial charge in [0, 0.05) is 25.9 Å². The monoisotopic (exact) mass is 206 g/mol. The van der Waals surface area contributed by atoms with E-state index in [9.17, 15) is 0 Å². The molecule has 3 heteroatoms. The number of aromatic nitrogens is 1. The zero-order valence-corrected chi connectivity index (χ0v) is 9.22. The molecule has 1 aliphatic heterocycles. The van der Waals surface area contributed by atoms with Crippen LogP contribution in [-0.4, -0.2) is 36.2 Å². The molecule has 2 heterocycles. The van der Waals surface area contributed by atoms with E-state index in [1.807, 2.05) is 18.3 Å². The van der Waals surface area contributed by atoms with E-state index >= 15 is 0 Å². The van der Waals surface area contributed by atoms with Crippen molar-refractivity contribution in [3.63, 3.8) is 0 Å². The van der Waals surface area contributed by atoms with Crippen LogP contribution in [0, 0.1) is 0 Å². The van der Waals surface area contributed by atoms with Crippen molar-refractivity contribution in [1.82, 2.24) is 9.88 Å². The first kappa shape index (κ1) is 10.6. The summed E-state index contributed by atoms with van der Waals surface area (Å²) in [4.78, 5) is 6.59. The second kappa shape index (κ2) is 5.24. The molecule has 1 fully saturated rings. The summed E-state index contributed by atoms with van der Waals surface area (Å²) in [5.41, 5.74) is 1.12. The topological polar surface area (TPSA) is 25.4 Å². The molecule has 0 N–H and O–H groups in total. The maximum Gasteiger partial charge on any atom is 0.0702 e. The fraction of sp³-hybridized carbons (Fsp3) is 0.583. The number of hydrogen-bond donors (Lipinski definition) is 0. The molecule has 1 aliphatic rings. The molecule has 0 spiro atoms. The van der Waals surface area contributed by atoms with Gasteiger partial charge in [-0.2, -0.15) is 0 Å². The maximum atomic E-state index is 5.60. The van der Waals surface area contributed by atoms with Gasteiger partial charge in [0.1, 0.15) is 0 Å². The largest absolute Gasteiger partial charge is 0.377 e. The molecule has 15 heavy (non-hydrogen) atoms. The number of likely N-dealkylation sites (N-methyl/N-ethyl adjacent to an activating group) is 1. The summed E-state index contributed by atoms with van der Waals surface area (Å²) < 4.78 is 5.60. The van der Waals surface area contributed by atoms with Gasteiger partial charge in [0.2, 0.25) is 0 Å². The summed E-state index contributed by atoms with van der Waals surface area (Å²) in [6.45, 7) is 2.85. The fourth-order valence-electron chi connectivity index (χ4n) is 1.97. The van der Waals surface area contributed by atoms with Crippen molar-refractivity contribution in [3.8, 4) is 0 Å². The van der Waals surface area contributed by atoms with Crippen molar-refractivity contribution in [3.05, 3.63) is 30.1 Å². The van der Waals surface area contributed by atoms with Crippen LogP contribution in [-0.2, 0) is 11.3 Å². The van der Waals surface area contributed by atoms with Gasteiger partial charge in [0.05, 0.1) is 11.8 Å². The fourth-order valence-corrected chi connectivity index (χ4v) is 1.97. The zero-order valence-electron chi connectivity index (χ0n) is 9.22. The quantitative estimate of drug-likeness (QED) is 0.749. The maximum absolute atomic E-state index is 5.60. The van der Waals surface area contributed by atoms with E-state index in [0.717, 1.165) is 25.4 Å². The Kier molecular flexibility index (Phi) is 3.69. The summed E-state index contributed by atoms with van der Waals surface area (Å²) in [6, 6.07) is 6.04. The molecular formula is C12H18N2O. The van der Waals surface area contributed by atoms with Crippen molar-refractivity contribution in [2.45, 2.75) is 25.5 Å². The van der Waals surface area contributed by atoms with Gasteiger partial charge in [-0.25, -0.2) is 0 Å². The summed E-state index contributed by atoms with van der Waals surface area (Å²) in [6.07, 6.45) is 4.68. The standard InChI is InChI=1S/C12H18N2O/c1-14(10-12-6-4-8-15-12)9-11-5-2-3-7-13-11/h2-3,5,7,12H,4,6,8-10H2,1H3. The molecular weight excluding hydrogens is 188 g/mol. The minimum atomic E-state index is 0.429. The lowest BCUT2D eigenvalue weighted by atomic mass is 10.2. The molecule has 0 aromatic carbocycles. The van der Waals surface area contributed by atoms with Crippen LogP contribution in [0.4, 0.5) is 0 Å². The van der Waals surface area contributed by atoms with Crippen LogP contribution in [0.5, 0.6) is 0 Å². The Hall–Kier alpha value is -0.930. The van der Waals surface area contributed by atoms with Crippen LogP contribution in [0.2, 0.25) is 0 Å². The van der Waals surface area contributed by atoms with E-state index in [1.165, 1.54) is 12.8 Å². The molecule has 0 saturated carbocycles.